The van der Waals surface area contributed by atoms with Gasteiger partial charge in [0, 0.05) is 33.1 Å². The van der Waals surface area contributed by atoms with E-state index < -0.39 is 41.8 Å². The Morgan fingerprint density at radius 3 is 2.37 bits per heavy atom. The summed E-state index contributed by atoms with van der Waals surface area (Å²) in [5.74, 6) is -1.99. The normalized spacial score (nSPS) is 22.1. The first-order valence-electron chi connectivity index (χ1n) is 17.5. The summed E-state index contributed by atoms with van der Waals surface area (Å²) in [7, 11) is 1.52. The van der Waals surface area contributed by atoms with Crippen LogP contribution in [0.5, 0.6) is 5.75 Å². The fraction of sp³-hybridized carbons (Fsp3) is 0.541. The number of hydrogen-bond donors (Lipinski definition) is 4. The van der Waals surface area contributed by atoms with Crippen LogP contribution < -0.4 is 26.0 Å². The van der Waals surface area contributed by atoms with Gasteiger partial charge in [0.05, 0.1) is 18.6 Å². The first-order valence-corrected chi connectivity index (χ1v) is 17.5. The number of carbonyl (C=O) groups excluding carboxylic acids is 5. The van der Waals surface area contributed by atoms with Gasteiger partial charge in [0.15, 0.2) is 0 Å². The summed E-state index contributed by atoms with van der Waals surface area (Å²) in [6.45, 7) is 7.38. The van der Waals surface area contributed by atoms with E-state index >= 15 is 0 Å². The summed E-state index contributed by atoms with van der Waals surface area (Å²) >= 11 is 0. The SMILES string of the molecule is CC(C)C[C@H]1C(=O)N[C@@H](Cc2ccccc2)C(=O)NCCCOc2ccccc2C(=O)N[C@H](C(=O)NCCN2CCCCC2)CC(=O)N1C. The molecule has 0 radical (unpaired) electrons. The van der Waals surface area contributed by atoms with Gasteiger partial charge in [0.1, 0.15) is 23.9 Å². The van der Waals surface area contributed by atoms with Crippen molar-refractivity contribution in [2.75, 3.05) is 46.4 Å². The third kappa shape index (κ3) is 11.6. The molecule has 2 aliphatic heterocycles. The van der Waals surface area contributed by atoms with E-state index in [0.29, 0.717) is 31.7 Å². The molecule has 266 valence electrons. The molecular formula is C37H52N6O6. The van der Waals surface area contributed by atoms with Gasteiger partial charge in [-0.3, -0.25) is 24.0 Å². The highest BCUT2D eigenvalue weighted by Crippen LogP contribution is 2.19. The van der Waals surface area contributed by atoms with Crippen LogP contribution in [0.1, 0.15) is 68.3 Å². The zero-order chi connectivity index (χ0) is 35.2. The molecule has 2 heterocycles. The van der Waals surface area contributed by atoms with Crippen molar-refractivity contribution < 1.29 is 28.7 Å². The Morgan fingerprint density at radius 1 is 0.918 bits per heavy atom. The Morgan fingerprint density at radius 2 is 1.63 bits per heavy atom. The zero-order valence-electron chi connectivity index (χ0n) is 29.0. The number of nitrogens with one attached hydrogen (secondary N) is 4. The summed E-state index contributed by atoms with van der Waals surface area (Å²) in [6.07, 6.45) is 4.13. The number of carbonyl (C=O) groups is 5. The topological polar surface area (TPSA) is 149 Å². The number of hydrogen-bond acceptors (Lipinski definition) is 7. The Hall–Kier alpha value is -4.45. The minimum absolute atomic E-state index is 0.0374. The van der Waals surface area contributed by atoms with Gasteiger partial charge in [-0.05, 0) is 62.4 Å². The monoisotopic (exact) mass is 676 g/mol. The van der Waals surface area contributed by atoms with Gasteiger partial charge < -0.3 is 35.8 Å². The second-order valence-electron chi connectivity index (χ2n) is 13.3. The van der Waals surface area contributed by atoms with E-state index in [-0.39, 0.29) is 43.4 Å². The van der Waals surface area contributed by atoms with Crippen molar-refractivity contribution >= 4 is 29.5 Å². The molecule has 4 rings (SSSR count). The Bertz CT molecular complexity index is 1410. The maximum atomic E-state index is 13.9. The Kier molecular flexibility index (Phi) is 14.4. The van der Waals surface area contributed by atoms with Crippen molar-refractivity contribution in [3.8, 4) is 5.75 Å². The molecule has 12 nitrogen and oxygen atoms in total. The molecular weight excluding hydrogens is 624 g/mol. The molecule has 0 saturated carbocycles. The molecule has 5 amide bonds. The van der Waals surface area contributed by atoms with E-state index in [4.69, 9.17) is 4.74 Å². The molecule has 49 heavy (non-hydrogen) atoms. The number of ether oxygens (including phenoxy) is 1. The van der Waals surface area contributed by atoms with Crippen LogP contribution in [-0.4, -0.2) is 104 Å². The fourth-order valence-corrected chi connectivity index (χ4v) is 6.16. The number of likely N-dealkylation sites (tertiary alicyclic amines) is 1. The first-order chi connectivity index (χ1) is 23.6. The van der Waals surface area contributed by atoms with Crippen molar-refractivity contribution in [1.29, 1.82) is 0 Å². The maximum absolute atomic E-state index is 13.9. The predicted molar refractivity (Wildman–Crippen MR) is 187 cm³/mol. The van der Waals surface area contributed by atoms with Gasteiger partial charge in [0.2, 0.25) is 23.6 Å². The number of benzene rings is 2. The van der Waals surface area contributed by atoms with Crippen LogP contribution in [-0.2, 0) is 25.6 Å². The average Bonchev–Trinajstić information content (AvgIpc) is 3.10. The van der Waals surface area contributed by atoms with Crippen molar-refractivity contribution in [1.82, 2.24) is 31.1 Å². The second kappa shape index (κ2) is 18.9. The van der Waals surface area contributed by atoms with Gasteiger partial charge in [-0.15, -0.1) is 0 Å². The predicted octanol–water partition coefficient (Wildman–Crippen LogP) is 2.28. The average molecular weight is 677 g/mol. The van der Waals surface area contributed by atoms with E-state index in [1.807, 2.05) is 44.2 Å². The van der Waals surface area contributed by atoms with Crippen LogP contribution in [0.2, 0.25) is 0 Å². The summed E-state index contributed by atoms with van der Waals surface area (Å²) in [6, 6.07) is 13.1. The zero-order valence-corrected chi connectivity index (χ0v) is 29.0. The molecule has 4 N–H and O–H groups in total. The standard InChI is InChI=1S/C37H52N6O6/c1-26(2)23-31-37(48)41-29(24-27-13-6-4-7-14-27)35(46)38-17-12-22-49-32-16-9-8-15-28(32)34(45)40-30(25-33(44)42(31)3)36(47)39-18-21-43-19-10-5-11-20-43/h4,6-9,13-16,26,29-31H,5,10-12,17-25H2,1-3H3,(H,38,46)(H,39,47)(H,40,45)(H,41,48)/t29-,30-,31-/m0/s1. The lowest BCUT2D eigenvalue weighted by Gasteiger charge is -2.31. The number of fused-ring (bicyclic) bond motifs is 1. The van der Waals surface area contributed by atoms with E-state index in [9.17, 15) is 24.0 Å². The molecule has 2 aromatic rings. The molecule has 0 spiro atoms. The first kappa shape index (κ1) is 37.4. The minimum Gasteiger partial charge on any atom is -0.493 e. The van der Waals surface area contributed by atoms with Gasteiger partial charge >= 0.3 is 0 Å². The summed E-state index contributed by atoms with van der Waals surface area (Å²) < 4.78 is 5.93. The van der Waals surface area contributed by atoms with E-state index in [0.717, 1.165) is 31.5 Å². The second-order valence-corrected chi connectivity index (χ2v) is 13.3. The highest BCUT2D eigenvalue weighted by Gasteiger charge is 2.34. The van der Waals surface area contributed by atoms with Crippen molar-refractivity contribution in [2.45, 2.75) is 76.9 Å². The molecule has 1 saturated heterocycles. The highest BCUT2D eigenvalue weighted by molar-refractivity contribution is 6.01. The number of piperidine rings is 1. The molecule has 0 aromatic heterocycles. The van der Waals surface area contributed by atoms with Crippen LogP contribution in [0, 0.1) is 5.92 Å². The Labute approximate surface area is 289 Å². The van der Waals surface area contributed by atoms with Crippen LogP contribution in [0.25, 0.3) is 0 Å². The van der Waals surface area contributed by atoms with Gasteiger partial charge in [-0.2, -0.15) is 0 Å². The molecule has 0 aliphatic carbocycles. The highest BCUT2D eigenvalue weighted by atomic mass is 16.5. The number of amides is 5. The van der Waals surface area contributed by atoms with Crippen LogP contribution in [0.15, 0.2) is 54.6 Å². The number of nitrogens with zero attached hydrogens (tertiary/aromatic N) is 2. The molecule has 0 unspecified atom stereocenters. The lowest BCUT2D eigenvalue weighted by molar-refractivity contribution is -0.141. The lowest BCUT2D eigenvalue weighted by Crippen LogP contribution is -2.56. The van der Waals surface area contributed by atoms with Crippen LogP contribution in [0.3, 0.4) is 0 Å². The number of rotatable bonds is 8. The van der Waals surface area contributed by atoms with E-state index in [2.05, 4.69) is 26.2 Å². The van der Waals surface area contributed by atoms with Crippen molar-refractivity contribution in [3.05, 3.63) is 65.7 Å². The van der Waals surface area contributed by atoms with Crippen LogP contribution in [0.4, 0.5) is 0 Å². The van der Waals surface area contributed by atoms with E-state index in [1.54, 1.807) is 24.3 Å². The van der Waals surface area contributed by atoms with Gasteiger partial charge in [0.25, 0.3) is 5.91 Å². The van der Waals surface area contributed by atoms with E-state index in [1.165, 1.54) is 18.4 Å². The molecule has 2 aliphatic rings. The quantitative estimate of drug-likeness (QED) is 0.335. The minimum atomic E-state index is -1.20. The largest absolute Gasteiger partial charge is 0.493 e. The molecule has 12 heteroatoms. The molecule has 0 bridgehead atoms. The fourth-order valence-electron chi connectivity index (χ4n) is 6.16. The maximum Gasteiger partial charge on any atom is 0.255 e. The molecule has 3 atom stereocenters. The number of likely N-dealkylation sites (N-methyl/N-ethyl adjacent to an activating group) is 1. The third-order valence-corrected chi connectivity index (χ3v) is 8.96. The molecule has 1 fully saturated rings. The van der Waals surface area contributed by atoms with Gasteiger partial charge in [-0.25, -0.2) is 0 Å². The van der Waals surface area contributed by atoms with Crippen LogP contribution >= 0.6 is 0 Å². The molecule has 2 aromatic carbocycles. The summed E-state index contributed by atoms with van der Waals surface area (Å²) in [4.78, 5) is 72.0. The van der Waals surface area contributed by atoms with Crippen molar-refractivity contribution in [2.24, 2.45) is 5.92 Å². The Balaban J connectivity index is 1.60. The number of para-hydroxylation sites is 1. The third-order valence-electron chi connectivity index (χ3n) is 8.96. The summed E-state index contributed by atoms with van der Waals surface area (Å²) in [5.41, 5.74) is 1.10. The lowest BCUT2D eigenvalue weighted by atomic mass is 9.99. The summed E-state index contributed by atoms with van der Waals surface area (Å²) in [5, 5.41) is 11.5. The van der Waals surface area contributed by atoms with Gasteiger partial charge in [-0.1, -0.05) is 62.7 Å². The van der Waals surface area contributed by atoms with Crippen molar-refractivity contribution in [3.63, 3.8) is 0 Å². The smallest absolute Gasteiger partial charge is 0.255 e.